The van der Waals surface area contributed by atoms with Gasteiger partial charge in [-0.3, -0.25) is 4.79 Å². The first-order chi connectivity index (χ1) is 10.4. The average molecular weight is 360 g/mol. The highest BCUT2D eigenvalue weighted by molar-refractivity contribution is 6.46. The summed E-state index contributed by atoms with van der Waals surface area (Å²) >= 11 is 17.5. The maximum absolute atomic E-state index is 12.1. The molecule has 114 valence electrons. The van der Waals surface area contributed by atoms with Crippen LogP contribution in [0.15, 0.2) is 29.6 Å². The van der Waals surface area contributed by atoms with Crippen LogP contribution in [0.1, 0.15) is 23.0 Å². The smallest absolute Gasteiger partial charge is 0.291 e. The number of nitrogens with zero attached hydrogens (tertiary/aromatic N) is 2. The fraction of sp³-hybridized carbons (Fsp3) is 0.0769. The Morgan fingerprint density at radius 1 is 1.36 bits per heavy atom. The van der Waals surface area contributed by atoms with Crippen LogP contribution in [-0.4, -0.2) is 16.6 Å². The van der Waals surface area contributed by atoms with Gasteiger partial charge in [0.25, 0.3) is 5.91 Å². The van der Waals surface area contributed by atoms with Gasteiger partial charge in [-0.05, 0) is 13.0 Å². The molecule has 22 heavy (non-hydrogen) atoms. The molecule has 0 saturated carbocycles. The number of carbonyl (C=O) groups excluding carboxylic acids is 1. The molecular formula is C13H11Cl3N5O+. The molecule has 0 bridgehead atoms. The minimum atomic E-state index is -0.644. The Bertz CT molecular complexity index is 749. The normalized spacial score (nSPS) is 11.4. The Labute approximate surface area is 141 Å². The van der Waals surface area contributed by atoms with Crippen molar-refractivity contribution >= 4 is 52.1 Å². The number of aromatic nitrogens is 2. The number of hydrogen-bond acceptors (Lipinski definition) is 4. The largest absolute Gasteiger partial charge is 0.396 e. The Kier molecular flexibility index (Phi) is 5.18. The molecule has 2 aromatic heterocycles. The van der Waals surface area contributed by atoms with E-state index in [1.807, 2.05) is 12.1 Å². The summed E-state index contributed by atoms with van der Waals surface area (Å²) in [4.78, 5) is 18.8. The molecule has 4 N–H and O–H groups in total. The molecular weight excluding hydrogens is 349 g/mol. The molecule has 0 fully saturated rings. The Balaban J connectivity index is 2.24. The van der Waals surface area contributed by atoms with Crippen LogP contribution < -0.4 is 16.1 Å². The molecule has 0 aliphatic heterocycles. The quantitative estimate of drug-likeness (QED) is 0.501. The maximum Gasteiger partial charge on any atom is 0.291 e. The fourth-order valence-electron chi connectivity index (χ4n) is 1.55. The molecule has 0 saturated heterocycles. The lowest BCUT2D eigenvalue weighted by atomic mass is 10.2. The van der Waals surface area contributed by atoms with Crippen molar-refractivity contribution in [2.75, 3.05) is 5.73 Å². The first-order valence-electron chi connectivity index (χ1n) is 6.03. The van der Waals surface area contributed by atoms with Gasteiger partial charge in [-0.15, -0.1) is 0 Å². The summed E-state index contributed by atoms with van der Waals surface area (Å²) in [5.74, 6) is -0.644. The van der Waals surface area contributed by atoms with E-state index in [1.165, 1.54) is 0 Å². The fourth-order valence-corrected chi connectivity index (χ4v) is 2.15. The first-order valence-corrected chi connectivity index (χ1v) is 7.16. The predicted octanol–water partition coefficient (Wildman–Crippen LogP) is 2.59. The average Bonchev–Trinajstić information content (AvgIpc) is 2.54. The monoisotopic (exact) mass is 358 g/mol. The number of pyridine rings is 2. The Morgan fingerprint density at radius 2 is 2.09 bits per heavy atom. The van der Waals surface area contributed by atoms with Crippen LogP contribution in [0, 0.1) is 0 Å². The lowest BCUT2D eigenvalue weighted by Crippen LogP contribution is -2.22. The van der Waals surface area contributed by atoms with Crippen molar-refractivity contribution in [2.45, 2.75) is 6.92 Å². The van der Waals surface area contributed by atoms with Gasteiger partial charge >= 0.3 is 0 Å². The van der Waals surface area contributed by atoms with Crippen LogP contribution >= 0.6 is 34.8 Å². The van der Waals surface area contributed by atoms with Crippen LogP contribution in [0.5, 0.6) is 0 Å². The van der Waals surface area contributed by atoms with Crippen LogP contribution in [0.25, 0.3) is 0 Å². The summed E-state index contributed by atoms with van der Waals surface area (Å²) in [6, 6.07) is 3.65. The van der Waals surface area contributed by atoms with Crippen molar-refractivity contribution in [2.24, 2.45) is 5.10 Å². The van der Waals surface area contributed by atoms with Gasteiger partial charge in [-0.1, -0.05) is 34.8 Å². The number of hydrazone groups is 1. The highest BCUT2D eigenvalue weighted by atomic mass is 35.5. The van der Waals surface area contributed by atoms with Gasteiger partial charge < -0.3 is 5.73 Å². The molecule has 6 nitrogen and oxygen atoms in total. The third-order valence-electron chi connectivity index (χ3n) is 2.74. The molecule has 2 heterocycles. The number of H-pyrrole nitrogens is 1. The molecule has 2 rings (SSSR count). The van der Waals surface area contributed by atoms with Crippen LogP contribution in [0.4, 0.5) is 5.69 Å². The van der Waals surface area contributed by atoms with Gasteiger partial charge in [0.05, 0.1) is 22.0 Å². The minimum Gasteiger partial charge on any atom is -0.396 e. The van der Waals surface area contributed by atoms with Gasteiger partial charge in [-0.2, -0.15) is 5.10 Å². The summed E-state index contributed by atoms with van der Waals surface area (Å²) in [6.07, 6.45) is 3.50. The number of nitrogen functional groups attached to an aromatic ring is 1. The summed E-state index contributed by atoms with van der Waals surface area (Å²) in [6.45, 7) is 1.74. The Morgan fingerprint density at radius 3 is 2.73 bits per heavy atom. The molecule has 2 aromatic rings. The highest BCUT2D eigenvalue weighted by Gasteiger charge is 2.19. The van der Waals surface area contributed by atoms with E-state index >= 15 is 0 Å². The Hall–Kier alpha value is -1.89. The van der Waals surface area contributed by atoms with E-state index in [-0.39, 0.29) is 26.6 Å². The summed E-state index contributed by atoms with van der Waals surface area (Å²) in [5.41, 5.74) is 9.25. The van der Waals surface area contributed by atoms with Gasteiger partial charge in [0, 0.05) is 6.07 Å². The second-order valence-electron chi connectivity index (χ2n) is 4.22. The number of nitrogens with two attached hydrogens (primary N) is 1. The molecule has 9 heteroatoms. The zero-order chi connectivity index (χ0) is 16.3. The minimum absolute atomic E-state index is 0.00252. The molecule has 0 radical (unpaired) electrons. The van der Waals surface area contributed by atoms with E-state index in [4.69, 9.17) is 40.5 Å². The van der Waals surface area contributed by atoms with E-state index in [0.717, 1.165) is 5.56 Å². The van der Waals surface area contributed by atoms with Crippen LogP contribution in [-0.2, 0) is 0 Å². The van der Waals surface area contributed by atoms with Gasteiger partial charge in [-0.25, -0.2) is 15.4 Å². The SMILES string of the molecule is C/C(=N/NC(=O)c1nc(Cl)c(Cl)c(N)c1Cl)c1ccc[nH+]c1. The van der Waals surface area contributed by atoms with Crippen molar-refractivity contribution in [3.63, 3.8) is 0 Å². The summed E-state index contributed by atoms with van der Waals surface area (Å²) < 4.78 is 0. The zero-order valence-electron chi connectivity index (χ0n) is 11.3. The molecule has 1 amide bonds. The van der Waals surface area contributed by atoms with E-state index < -0.39 is 5.91 Å². The lowest BCUT2D eigenvalue weighted by molar-refractivity contribution is -0.378. The molecule has 0 atom stereocenters. The van der Waals surface area contributed by atoms with Gasteiger partial charge in [0.1, 0.15) is 5.02 Å². The zero-order valence-corrected chi connectivity index (χ0v) is 13.6. The topological polar surface area (TPSA) is 94.5 Å². The van der Waals surface area contributed by atoms with Crippen molar-refractivity contribution < 1.29 is 9.78 Å². The number of rotatable bonds is 3. The number of anilines is 1. The standard InChI is InChI=1S/C13H10Cl3N5O/c1-6(7-3-2-4-18-5-7)20-21-13(22)11-8(14)10(17)9(15)12(16)19-11/h2-5H,1H3,(H2,17,19)(H,21,22)/p+1/b20-6-. The second kappa shape index (κ2) is 6.91. The predicted molar refractivity (Wildman–Crippen MR) is 86.4 cm³/mol. The maximum atomic E-state index is 12.1. The lowest BCUT2D eigenvalue weighted by Gasteiger charge is -2.08. The van der Waals surface area contributed by atoms with E-state index in [0.29, 0.717) is 5.71 Å². The van der Waals surface area contributed by atoms with Crippen LogP contribution in [0.3, 0.4) is 0 Å². The van der Waals surface area contributed by atoms with Crippen molar-refractivity contribution in [1.82, 2.24) is 10.4 Å². The van der Waals surface area contributed by atoms with Gasteiger partial charge in [0.15, 0.2) is 23.2 Å². The number of aromatic amines is 1. The van der Waals surface area contributed by atoms with Gasteiger partial charge in [0.2, 0.25) is 0 Å². The molecule has 0 unspecified atom stereocenters. The van der Waals surface area contributed by atoms with Crippen LogP contribution in [0.2, 0.25) is 15.2 Å². The van der Waals surface area contributed by atoms with E-state index in [1.54, 1.807) is 19.3 Å². The summed E-state index contributed by atoms with van der Waals surface area (Å²) in [5, 5.41) is 3.80. The first kappa shape index (κ1) is 16.5. The summed E-state index contributed by atoms with van der Waals surface area (Å²) in [7, 11) is 0. The number of carbonyl (C=O) groups is 1. The number of halogens is 3. The number of nitrogens with one attached hydrogen (secondary N) is 2. The molecule has 0 spiro atoms. The highest BCUT2D eigenvalue weighted by Crippen LogP contribution is 2.34. The third kappa shape index (κ3) is 3.47. The number of amides is 1. The van der Waals surface area contributed by atoms with E-state index in [2.05, 4.69) is 20.5 Å². The molecule has 0 aliphatic carbocycles. The number of hydrogen-bond donors (Lipinski definition) is 2. The van der Waals surface area contributed by atoms with Crippen molar-refractivity contribution in [1.29, 1.82) is 0 Å². The second-order valence-corrected chi connectivity index (χ2v) is 5.34. The van der Waals surface area contributed by atoms with Crippen molar-refractivity contribution in [3.8, 4) is 0 Å². The third-order valence-corrected chi connectivity index (χ3v) is 3.87. The van der Waals surface area contributed by atoms with Crippen molar-refractivity contribution in [3.05, 3.63) is 51.0 Å². The molecule has 0 aromatic carbocycles. The van der Waals surface area contributed by atoms with E-state index in [9.17, 15) is 4.79 Å². The molecule has 0 aliphatic rings.